The van der Waals surface area contributed by atoms with Crippen LogP contribution in [-0.4, -0.2) is 36.7 Å². The lowest BCUT2D eigenvalue weighted by molar-refractivity contribution is -0.143. The lowest BCUT2D eigenvalue weighted by atomic mass is 10.4. The van der Waals surface area contributed by atoms with Gasteiger partial charge in [-0.15, -0.1) is 0 Å². The predicted molar refractivity (Wildman–Crippen MR) is 70.6 cm³/mol. The predicted octanol–water partition coefficient (Wildman–Crippen LogP) is 0.549. The molecule has 0 saturated carbocycles. The summed E-state index contributed by atoms with van der Waals surface area (Å²) in [5.41, 5.74) is -1.07. The molecule has 1 aromatic rings. The first-order chi connectivity index (χ1) is 9.49. The summed E-state index contributed by atoms with van der Waals surface area (Å²) in [5, 5.41) is 10.3. The Morgan fingerprint density at radius 3 is 2.57 bits per heavy atom. The average Bonchev–Trinajstić information content (AvgIpc) is 2.30. The zero-order valence-corrected chi connectivity index (χ0v) is 12.1. The third-order valence-corrected chi connectivity index (χ3v) is 3.46. The molecule has 0 unspecified atom stereocenters. The second kappa shape index (κ2) is 6.62. The van der Waals surface area contributed by atoms with Crippen molar-refractivity contribution >= 4 is 27.3 Å². The smallest absolute Gasteiger partial charge is 0.382 e. The molecule has 0 aliphatic rings. The minimum absolute atomic E-state index is 0.0227. The molecule has 0 radical (unpaired) electrons. The summed E-state index contributed by atoms with van der Waals surface area (Å²) in [6, 6.07) is 0. The molecular weight excluding hydrogens is 337 g/mol. The van der Waals surface area contributed by atoms with Crippen LogP contribution in [0.1, 0.15) is 6.42 Å². The van der Waals surface area contributed by atoms with Crippen molar-refractivity contribution < 1.29 is 21.6 Å². The maximum Gasteiger partial charge on any atom is 0.408 e. The molecule has 1 aromatic heterocycles. The fraction of sp³-hybridized carbons (Fsp3) is 0.556. The van der Waals surface area contributed by atoms with Crippen molar-refractivity contribution in [2.24, 2.45) is 5.14 Å². The van der Waals surface area contributed by atoms with Gasteiger partial charge in [0.05, 0.1) is 17.6 Å². The SMILES string of the molecule is NS(=O)(=O)CCCNc1cnn(CC(F)(F)F)c(=O)c1Cl. The highest BCUT2D eigenvalue weighted by atomic mass is 35.5. The highest BCUT2D eigenvalue weighted by molar-refractivity contribution is 7.89. The van der Waals surface area contributed by atoms with Crippen molar-refractivity contribution in [3.63, 3.8) is 0 Å². The number of hydrogen-bond donors (Lipinski definition) is 2. The highest BCUT2D eigenvalue weighted by Gasteiger charge is 2.29. The Morgan fingerprint density at radius 2 is 2.05 bits per heavy atom. The lowest BCUT2D eigenvalue weighted by Crippen LogP contribution is -2.31. The minimum Gasteiger partial charge on any atom is -0.382 e. The van der Waals surface area contributed by atoms with Crippen LogP contribution < -0.4 is 16.0 Å². The zero-order valence-electron chi connectivity index (χ0n) is 10.5. The number of aromatic nitrogens is 2. The average molecular weight is 349 g/mol. The lowest BCUT2D eigenvalue weighted by Gasteiger charge is -2.11. The monoisotopic (exact) mass is 348 g/mol. The van der Waals surface area contributed by atoms with Crippen LogP contribution in [0, 0.1) is 0 Å². The molecule has 1 rings (SSSR count). The third kappa shape index (κ3) is 6.31. The van der Waals surface area contributed by atoms with Gasteiger partial charge in [0.25, 0.3) is 5.56 Å². The van der Waals surface area contributed by atoms with Crippen LogP contribution in [0.15, 0.2) is 11.0 Å². The molecule has 0 aliphatic heterocycles. The van der Waals surface area contributed by atoms with Crippen LogP contribution in [0.4, 0.5) is 18.9 Å². The van der Waals surface area contributed by atoms with E-state index in [9.17, 15) is 26.4 Å². The number of nitrogens with two attached hydrogens (primary N) is 1. The van der Waals surface area contributed by atoms with Crippen LogP contribution in [-0.2, 0) is 16.6 Å². The van der Waals surface area contributed by atoms with Gasteiger partial charge in [0.2, 0.25) is 10.0 Å². The van der Waals surface area contributed by atoms with E-state index in [0.29, 0.717) is 0 Å². The zero-order chi connectivity index (χ0) is 16.3. The number of anilines is 1. The first-order valence-electron chi connectivity index (χ1n) is 5.56. The van der Waals surface area contributed by atoms with Gasteiger partial charge >= 0.3 is 6.18 Å². The van der Waals surface area contributed by atoms with E-state index in [2.05, 4.69) is 10.4 Å². The van der Waals surface area contributed by atoms with Gasteiger partial charge in [-0.25, -0.2) is 18.2 Å². The van der Waals surface area contributed by atoms with Crippen LogP contribution >= 0.6 is 11.6 Å². The van der Waals surface area contributed by atoms with Gasteiger partial charge in [0, 0.05) is 6.54 Å². The molecule has 0 saturated heterocycles. The van der Waals surface area contributed by atoms with Crippen LogP contribution in [0.25, 0.3) is 0 Å². The number of alkyl halides is 3. The Kier molecular flexibility index (Phi) is 5.59. The summed E-state index contributed by atoms with van der Waals surface area (Å²) in [7, 11) is -3.60. The normalized spacial score (nSPS) is 12.4. The van der Waals surface area contributed by atoms with Crippen molar-refractivity contribution in [2.75, 3.05) is 17.6 Å². The Balaban J connectivity index is 2.74. The Labute approximate surface area is 122 Å². The van der Waals surface area contributed by atoms with Crippen LogP contribution in [0.2, 0.25) is 5.02 Å². The van der Waals surface area contributed by atoms with E-state index in [0.717, 1.165) is 6.20 Å². The van der Waals surface area contributed by atoms with E-state index >= 15 is 0 Å². The summed E-state index contributed by atoms with van der Waals surface area (Å²) in [6.45, 7) is -1.43. The fourth-order valence-electron chi connectivity index (χ4n) is 1.37. The molecule has 21 heavy (non-hydrogen) atoms. The molecule has 0 spiro atoms. The van der Waals surface area contributed by atoms with E-state index in [1.165, 1.54) is 0 Å². The molecule has 0 fully saturated rings. The standard InChI is InChI=1S/C9H12ClF3N4O3S/c10-7-6(15-2-1-3-21(14,19)20)4-16-17(8(7)18)5-9(11,12)13/h4,15H,1-3,5H2,(H2,14,19,20). The molecule has 3 N–H and O–H groups in total. The van der Waals surface area contributed by atoms with E-state index < -0.39 is 33.3 Å². The summed E-state index contributed by atoms with van der Waals surface area (Å²) in [5.74, 6) is -0.282. The van der Waals surface area contributed by atoms with Gasteiger partial charge in [-0.3, -0.25) is 4.79 Å². The number of hydrogen-bond acceptors (Lipinski definition) is 5. The van der Waals surface area contributed by atoms with Crippen molar-refractivity contribution in [1.82, 2.24) is 9.78 Å². The molecule has 0 bridgehead atoms. The molecule has 0 amide bonds. The summed E-state index contributed by atoms with van der Waals surface area (Å²) in [4.78, 5) is 11.6. The van der Waals surface area contributed by atoms with Gasteiger partial charge in [0.1, 0.15) is 11.6 Å². The molecular formula is C9H12ClF3N4O3S. The van der Waals surface area contributed by atoms with Crippen molar-refractivity contribution in [1.29, 1.82) is 0 Å². The molecule has 1 heterocycles. The fourth-order valence-corrected chi connectivity index (χ4v) is 2.13. The van der Waals surface area contributed by atoms with Gasteiger partial charge in [-0.1, -0.05) is 11.6 Å². The second-order valence-corrected chi connectivity index (χ2v) is 6.21. The number of sulfonamides is 1. The number of halogens is 4. The largest absolute Gasteiger partial charge is 0.408 e. The van der Waals surface area contributed by atoms with E-state index in [1.807, 2.05) is 0 Å². The van der Waals surface area contributed by atoms with Crippen molar-refractivity contribution in [3.8, 4) is 0 Å². The Morgan fingerprint density at radius 1 is 1.43 bits per heavy atom. The maximum absolute atomic E-state index is 12.2. The minimum atomic E-state index is -4.59. The van der Waals surface area contributed by atoms with Gasteiger partial charge in [0.15, 0.2) is 0 Å². The molecule has 0 aromatic carbocycles. The summed E-state index contributed by atoms with van der Waals surface area (Å²) >= 11 is 5.65. The van der Waals surface area contributed by atoms with Gasteiger partial charge in [-0.05, 0) is 6.42 Å². The number of nitrogens with zero attached hydrogens (tertiary/aromatic N) is 2. The molecule has 0 atom stereocenters. The Hall–Kier alpha value is -1.33. The maximum atomic E-state index is 12.2. The molecule has 0 aliphatic carbocycles. The van der Waals surface area contributed by atoms with E-state index in [4.69, 9.17) is 16.7 Å². The second-order valence-electron chi connectivity index (χ2n) is 4.10. The first-order valence-corrected chi connectivity index (χ1v) is 7.65. The van der Waals surface area contributed by atoms with Gasteiger partial charge < -0.3 is 5.32 Å². The molecule has 120 valence electrons. The van der Waals surface area contributed by atoms with Crippen LogP contribution in [0.5, 0.6) is 0 Å². The van der Waals surface area contributed by atoms with E-state index in [-0.39, 0.29) is 29.1 Å². The van der Waals surface area contributed by atoms with Crippen LogP contribution in [0.3, 0.4) is 0 Å². The third-order valence-electron chi connectivity index (χ3n) is 2.24. The Bertz CT molecular complexity index is 659. The van der Waals surface area contributed by atoms with Crippen molar-refractivity contribution in [2.45, 2.75) is 19.1 Å². The van der Waals surface area contributed by atoms with Crippen molar-refractivity contribution in [3.05, 3.63) is 21.6 Å². The number of primary sulfonamides is 1. The number of rotatable bonds is 6. The molecule has 7 nitrogen and oxygen atoms in total. The molecule has 12 heteroatoms. The highest BCUT2D eigenvalue weighted by Crippen LogP contribution is 2.19. The van der Waals surface area contributed by atoms with E-state index in [1.54, 1.807) is 0 Å². The van der Waals surface area contributed by atoms with Gasteiger partial charge in [-0.2, -0.15) is 18.3 Å². The topological polar surface area (TPSA) is 107 Å². The quantitative estimate of drug-likeness (QED) is 0.730. The summed E-state index contributed by atoms with van der Waals surface area (Å²) < 4.78 is 58.1. The summed E-state index contributed by atoms with van der Waals surface area (Å²) in [6.07, 6.45) is -3.49. The number of nitrogens with one attached hydrogen (secondary N) is 1. The first kappa shape index (κ1) is 17.7.